The largest absolute Gasteiger partial charge is 0.481 e. The highest BCUT2D eigenvalue weighted by atomic mass is 32.2. The van der Waals surface area contributed by atoms with E-state index < -0.39 is 52.9 Å². The van der Waals surface area contributed by atoms with Gasteiger partial charge in [0, 0.05) is 0 Å². The molecule has 166 valence electrons. The van der Waals surface area contributed by atoms with E-state index >= 15 is 0 Å². The Morgan fingerprint density at radius 1 is 1.00 bits per heavy atom. The molecular weight excluding hydrogens is 427 g/mol. The molecule has 2 atom stereocenters. The molecule has 2 aromatic carbocycles. The van der Waals surface area contributed by atoms with Crippen LogP contribution in [0.15, 0.2) is 59.5 Å². The van der Waals surface area contributed by atoms with Crippen LogP contribution in [0.1, 0.15) is 17.5 Å². The van der Waals surface area contributed by atoms with Gasteiger partial charge in [-0.2, -0.15) is 4.72 Å². The quantitative estimate of drug-likeness (QED) is 0.474. The number of hydrogen-bond donors (Lipinski definition) is 3. The average molecular weight is 450 g/mol. The number of carbonyl (C=O) groups excluding carboxylic acids is 2. The van der Waals surface area contributed by atoms with E-state index in [-0.39, 0.29) is 11.3 Å². The topological polar surface area (TPSA) is 130 Å². The van der Waals surface area contributed by atoms with Gasteiger partial charge < -0.3 is 10.4 Å². The van der Waals surface area contributed by atoms with Gasteiger partial charge in [-0.05, 0) is 31.0 Å². The Balaban J connectivity index is 2.30. The summed E-state index contributed by atoms with van der Waals surface area (Å²) in [7, 11) is -4.11. The number of sulfonamides is 1. The van der Waals surface area contributed by atoms with Crippen molar-refractivity contribution in [3.05, 3.63) is 65.7 Å². The Hall–Kier alpha value is -3.11. The number of amides is 1. The highest BCUT2D eigenvalue weighted by Crippen LogP contribution is 2.13. The zero-order valence-electron chi connectivity index (χ0n) is 16.7. The van der Waals surface area contributed by atoms with Gasteiger partial charge in [0.2, 0.25) is 15.9 Å². The number of benzene rings is 2. The standard InChI is InChI=1S/C21H23FN2O6S/c1-14-7-9-16(10-8-14)31(29,30)24-18(11-15-5-3-2-4-6-15)21(28)23-17(12-20(26)27)19(25)13-22/h2-10,17-18,24H,11-13H2,1H3,(H,23,28)(H,26,27)/t17-,18-/m0/s1. The van der Waals surface area contributed by atoms with Crippen molar-refractivity contribution in [2.75, 3.05) is 6.67 Å². The first-order chi connectivity index (χ1) is 14.6. The van der Waals surface area contributed by atoms with Gasteiger partial charge in [-0.3, -0.25) is 14.4 Å². The predicted octanol–water partition coefficient (Wildman–Crippen LogP) is 1.38. The molecule has 0 radical (unpaired) electrons. The maximum atomic E-state index is 12.8. The average Bonchev–Trinajstić information content (AvgIpc) is 2.72. The van der Waals surface area contributed by atoms with Crippen molar-refractivity contribution in [2.24, 2.45) is 0 Å². The molecule has 10 heteroatoms. The normalized spacial score (nSPS) is 13.2. The molecule has 0 bridgehead atoms. The van der Waals surface area contributed by atoms with Crippen LogP contribution in [0.5, 0.6) is 0 Å². The number of carboxylic acid groups (broad SMARTS) is 1. The molecule has 3 N–H and O–H groups in total. The van der Waals surface area contributed by atoms with E-state index in [2.05, 4.69) is 10.0 Å². The van der Waals surface area contributed by atoms with Crippen LogP contribution in [0.25, 0.3) is 0 Å². The third-order valence-corrected chi connectivity index (χ3v) is 5.93. The summed E-state index contributed by atoms with van der Waals surface area (Å²) in [5.41, 5.74) is 1.47. The molecule has 0 saturated heterocycles. The number of aryl methyl sites for hydroxylation is 1. The number of alkyl halides is 1. The fourth-order valence-electron chi connectivity index (χ4n) is 2.80. The first-order valence-electron chi connectivity index (χ1n) is 9.36. The Kier molecular flexibility index (Phi) is 8.40. The van der Waals surface area contributed by atoms with Crippen molar-refractivity contribution in [3.63, 3.8) is 0 Å². The van der Waals surface area contributed by atoms with E-state index in [1.165, 1.54) is 12.1 Å². The molecule has 0 aliphatic heterocycles. The van der Waals surface area contributed by atoms with Crippen molar-refractivity contribution in [2.45, 2.75) is 36.7 Å². The summed E-state index contributed by atoms with van der Waals surface area (Å²) in [5, 5.41) is 11.1. The first kappa shape index (κ1) is 24.2. The van der Waals surface area contributed by atoms with Crippen molar-refractivity contribution < 1.29 is 32.3 Å². The second-order valence-corrected chi connectivity index (χ2v) is 8.65. The second-order valence-electron chi connectivity index (χ2n) is 6.94. The number of carboxylic acids is 1. The first-order valence-corrected chi connectivity index (χ1v) is 10.8. The second kappa shape index (κ2) is 10.8. The van der Waals surface area contributed by atoms with Crippen LogP contribution in [-0.2, 0) is 30.8 Å². The van der Waals surface area contributed by atoms with Crippen LogP contribution in [-0.4, -0.2) is 49.9 Å². The SMILES string of the molecule is Cc1ccc(S(=O)(=O)N[C@@H](Cc2ccccc2)C(=O)N[C@@H](CC(=O)O)C(=O)CF)cc1. The minimum absolute atomic E-state index is 0.0640. The van der Waals surface area contributed by atoms with Gasteiger partial charge in [0.05, 0.1) is 11.3 Å². The summed E-state index contributed by atoms with van der Waals surface area (Å²) in [4.78, 5) is 35.4. The zero-order chi connectivity index (χ0) is 23.0. The number of ketones is 1. The lowest BCUT2D eigenvalue weighted by molar-refractivity contribution is -0.140. The smallest absolute Gasteiger partial charge is 0.305 e. The molecule has 0 heterocycles. The highest BCUT2D eigenvalue weighted by molar-refractivity contribution is 7.89. The predicted molar refractivity (Wildman–Crippen MR) is 111 cm³/mol. The zero-order valence-corrected chi connectivity index (χ0v) is 17.6. The fraction of sp³-hybridized carbons (Fsp3) is 0.286. The maximum absolute atomic E-state index is 12.8. The third-order valence-electron chi connectivity index (χ3n) is 4.44. The van der Waals surface area contributed by atoms with Gasteiger partial charge >= 0.3 is 5.97 Å². The molecular formula is C21H23FN2O6S. The van der Waals surface area contributed by atoms with E-state index in [1.54, 1.807) is 49.4 Å². The van der Waals surface area contributed by atoms with Gasteiger partial charge in [-0.1, -0.05) is 48.0 Å². The van der Waals surface area contributed by atoms with Gasteiger partial charge in [-0.15, -0.1) is 0 Å². The number of aliphatic carboxylic acids is 1. The van der Waals surface area contributed by atoms with Crippen molar-refractivity contribution in [1.29, 1.82) is 0 Å². The van der Waals surface area contributed by atoms with Crippen LogP contribution in [0, 0.1) is 6.92 Å². The van der Waals surface area contributed by atoms with Crippen LogP contribution < -0.4 is 10.0 Å². The maximum Gasteiger partial charge on any atom is 0.305 e. The summed E-state index contributed by atoms with van der Waals surface area (Å²) in [6, 6.07) is 11.5. The number of hydrogen-bond acceptors (Lipinski definition) is 5. The van der Waals surface area contributed by atoms with Gasteiger partial charge in [0.1, 0.15) is 18.8 Å². The number of carbonyl (C=O) groups is 3. The minimum atomic E-state index is -4.11. The van der Waals surface area contributed by atoms with E-state index in [4.69, 9.17) is 5.11 Å². The van der Waals surface area contributed by atoms with Gasteiger partial charge in [0.15, 0.2) is 5.78 Å². The lowest BCUT2D eigenvalue weighted by Crippen LogP contribution is -2.53. The van der Waals surface area contributed by atoms with E-state index in [1.807, 2.05) is 0 Å². The molecule has 8 nitrogen and oxygen atoms in total. The van der Waals surface area contributed by atoms with E-state index in [0.717, 1.165) is 5.56 Å². The van der Waals surface area contributed by atoms with Crippen LogP contribution in [0.4, 0.5) is 4.39 Å². The molecule has 0 spiro atoms. The third kappa shape index (κ3) is 7.26. The van der Waals surface area contributed by atoms with Crippen molar-refractivity contribution >= 4 is 27.7 Å². The Morgan fingerprint density at radius 2 is 1.61 bits per heavy atom. The summed E-state index contributed by atoms with van der Waals surface area (Å²) < 4.78 is 40.7. The fourth-order valence-corrected chi connectivity index (χ4v) is 3.99. The molecule has 2 aromatic rings. The summed E-state index contributed by atoms with van der Waals surface area (Å²) in [6.07, 6.45) is -0.890. The molecule has 31 heavy (non-hydrogen) atoms. The number of Topliss-reactive ketones (excluding diaryl/α,β-unsaturated/α-hetero) is 1. The van der Waals surface area contributed by atoms with Gasteiger partial charge in [0.25, 0.3) is 0 Å². The molecule has 0 unspecified atom stereocenters. The lowest BCUT2D eigenvalue weighted by atomic mass is 10.0. The Labute approximate surface area is 179 Å². The molecule has 0 aromatic heterocycles. The summed E-state index contributed by atoms with van der Waals surface area (Å²) in [5.74, 6) is -3.46. The highest BCUT2D eigenvalue weighted by Gasteiger charge is 2.30. The molecule has 0 aliphatic rings. The molecule has 0 aliphatic carbocycles. The summed E-state index contributed by atoms with van der Waals surface area (Å²) >= 11 is 0. The van der Waals surface area contributed by atoms with E-state index in [0.29, 0.717) is 5.56 Å². The minimum Gasteiger partial charge on any atom is -0.481 e. The molecule has 0 saturated carbocycles. The van der Waals surface area contributed by atoms with E-state index in [9.17, 15) is 27.2 Å². The molecule has 1 amide bonds. The van der Waals surface area contributed by atoms with Crippen LogP contribution in [0.3, 0.4) is 0 Å². The van der Waals surface area contributed by atoms with Gasteiger partial charge in [-0.25, -0.2) is 12.8 Å². The number of halogens is 1. The van der Waals surface area contributed by atoms with Crippen LogP contribution >= 0.6 is 0 Å². The van der Waals surface area contributed by atoms with Crippen LogP contribution in [0.2, 0.25) is 0 Å². The monoisotopic (exact) mass is 450 g/mol. The Bertz CT molecular complexity index is 1030. The number of nitrogens with one attached hydrogen (secondary N) is 2. The van der Waals surface area contributed by atoms with Crippen molar-refractivity contribution in [1.82, 2.24) is 10.0 Å². The molecule has 2 rings (SSSR count). The summed E-state index contributed by atoms with van der Waals surface area (Å²) in [6.45, 7) is 0.330. The van der Waals surface area contributed by atoms with Crippen molar-refractivity contribution in [3.8, 4) is 0 Å². The number of rotatable bonds is 11. The molecule has 0 fully saturated rings. The Morgan fingerprint density at radius 3 is 2.16 bits per heavy atom. The lowest BCUT2D eigenvalue weighted by Gasteiger charge is -2.22.